The molecule has 0 bridgehead atoms. The lowest BCUT2D eigenvalue weighted by atomic mass is 10.0. The summed E-state index contributed by atoms with van der Waals surface area (Å²) in [7, 11) is 1.64. The zero-order chi connectivity index (χ0) is 21.8. The van der Waals surface area contributed by atoms with Gasteiger partial charge in [0, 0.05) is 13.0 Å². The number of para-hydroxylation sites is 1. The Hall–Kier alpha value is -3.35. The van der Waals surface area contributed by atoms with E-state index in [1.54, 1.807) is 19.0 Å². The highest BCUT2D eigenvalue weighted by Crippen LogP contribution is 2.36. The van der Waals surface area contributed by atoms with E-state index in [9.17, 15) is 9.59 Å². The summed E-state index contributed by atoms with van der Waals surface area (Å²) in [6, 6.07) is 16.7. The molecule has 7 heteroatoms. The minimum absolute atomic E-state index is 0.0214. The number of benzene rings is 2. The van der Waals surface area contributed by atoms with Crippen molar-refractivity contribution in [3.05, 3.63) is 60.2 Å². The van der Waals surface area contributed by atoms with Crippen LogP contribution >= 0.6 is 0 Å². The van der Waals surface area contributed by atoms with Crippen LogP contribution in [0.5, 0.6) is 5.75 Å². The summed E-state index contributed by atoms with van der Waals surface area (Å²) < 4.78 is 10.5. The molecule has 1 fully saturated rings. The SMILES string of the molecule is CCOC(=O)C1=NN(c2ccccc2)C(C(=O)N2CCCC2c2cccc(OC)c2)C1. The summed E-state index contributed by atoms with van der Waals surface area (Å²) >= 11 is 0. The van der Waals surface area contributed by atoms with Gasteiger partial charge in [-0.1, -0.05) is 30.3 Å². The quantitative estimate of drug-likeness (QED) is 0.667. The highest BCUT2D eigenvalue weighted by Gasteiger charge is 2.42. The van der Waals surface area contributed by atoms with Gasteiger partial charge in [-0.15, -0.1) is 0 Å². The van der Waals surface area contributed by atoms with Crippen molar-refractivity contribution in [2.24, 2.45) is 5.10 Å². The lowest BCUT2D eigenvalue weighted by molar-refractivity contribution is -0.135. The Morgan fingerprint density at radius 3 is 2.68 bits per heavy atom. The van der Waals surface area contributed by atoms with Crippen LogP contribution < -0.4 is 9.75 Å². The smallest absolute Gasteiger partial charge is 0.354 e. The van der Waals surface area contributed by atoms with Gasteiger partial charge in [-0.3, -0.25) is 9.80 Å². The second-order valence-corrected chi connectivity index (χ2v) is 7.63. The second kappa shape index (κ2) is 9.20. The third kappa shape index (κ3) is 4.26. The maximum Gasteiger partial charge on any atom is 0.354 e. The molecule has 0 saturated carbocycles. The van der Waals surface area contributed by atoms with Crippen molar-refractivity contribution in [1.82, 2.24) is 4.90 Å². The van der Waals surface area contributed by atoms with Crippen LogP contribution in [0.3, 0.4) is 0 Å². The van der Waals surface area contributed by atoms with Crippen molar-refractivity contribution in [1.29, 1.82) is 0 Å². The molecular formula is C24H27N3O4. The first-order valence-corrected chi connectivity index (χ1v) is 10.7. The molecule has 0 aliphatic carbocycles. The van der Waals surface area contributed by atoms with E-state index in [0.717, 1.165) is 29.8 Å². The van der Waals surface area contributed by atoms with Crippen LogP contribution in [0.15, 0.2) is 59.7 Å². The number of anilines is 1. The molecule has 0 N–H and O–H groups in total. The molecule has 31 heavy (non-hydrogen) atoms. The van der Waals surface area contributed by atoms with E-state index in [4.69, 9.17) is 9.47 Å². The van der Waals surface area contributed by atoms with Gasteiger partial charge in [-0.25, -0.2) is 4.79 Å². The number of carbonyl (C=O) groups is 2. The molecule has 0 radical (unpaired) electrons. The van der Waals surface area contributed by atoms with E-state index >= 15 is 0 Å². The Bertz CT molecular complexity index is 976. The molecule has 2 heterocycles. The van der Waals surface area contributed by atoms with Crippen LogP contribution in [0, 0.1) is 0 Å². The number of carbonyl (C=O) groups excluding carboxylic acids is 2. The van der Waals surface area contributed by atoms with Gasteiger partial charge in [0.2, 0.25) is 5.91 Å². The first-order chi connectivity index (χ1) is 15.1. The zero-order valence-corrected chi connectivity index (χ0v) is 17.9. The summed E-state index contributed by atoms with van der Waals surface area (Å²) in [5.74, 6) is 0.276. The lowest BCUT2D eigenvalue weighted by Crippen LogP contribution is -2.45. The van der Waals surface area contributed by atoms with Crippen LogP contribution in [0.2, 0.25) is 0 Å². The van der Waals surface area contributed by atoms with Crippen LogP contribution in [0.25, 0.3) is 0 Å². The molecule has 7 nitrogen and oxygen atoms in total. The molecule has 2 aromatic carbocycles. The summed E-state index contributed by atoms with van der Waals surface area (Å²) in [4.78, 5) is 28.0. The summed E-state index contributed by atoms with van der Waals surface area (Å²) in [6.45, 7) is 2.70. The maximum atomic E-state index is 13.7. The normalized spacial score (nSPS) is 20.5. The number of nitrogens with zero attached hydrogens (tertiary/aromatic N) is 3. The molecule has 2 aliphatic rings. The highest BCUT2D eigenvalue weighted by atomic mass is 16.5. The van der Waals surface area contributed by atoms with Crippen molar-refractivity contribution in [3.8, 4) is 5.75 Å². The van der Waals surface area contributed by atoms with Crippen LogP contribution in [-0.2, 0) is 14.3 Å². The first-order valence-electron chi connectivity index (χ1n) is 10.7. The van der Waals surface area contributed by atoms with Crippen molar-refractivity contribution in [2.45, 2.75) is 38.3 Å². The second-order valence-electron chi connectivity index (χ2n) is 7.63. The minimum Gasteiger partial charge on any atom is -0.497 e. The van der Waals surface area contributed by atoms with Crippen molar-refractivity contribution in [2.75, 3.05) is 25.3 Å². The van der Waals surface area contributed by atoms with Gasteiger partial charge in [-0.2, -0.15) is 5.10 Å². The predicted octanol–water partition coefficient (Wildman–Crippen LogP) is 3.56. The van der Waals surface area contributed by atoms with E-state index in [1.165, 1.54) is 0 Å². The van der Waals surface area contributed by atoms with E-state index in [2.05, 4.69) is 5.10 Å². The van der Waals surface area contributed by atoms with Crippen LogP contribution in [0.4, 0.5) is 5.69 Å². The molecule has 162 valence electrons. The van der Waals surface area contributed by atoms with Crippen molar-refractivity contribution in [3.63, 3.8) is 0 Å². The third-order valence-corrected chi connectivity index (χ3v) is 5.74. The fraction of sp³-hybridized carbons (Fsp3) is 0.375. The predicted molar refractivity (Wildman–Crippen MR) is 118 cm³/mol. The summed E-state index contributed by atoms with van der Waals surface area (Å²) in [5.41, 5.74) is 2.11. The maximum absolute atomic E-state index is 13.7. The van der Waals surface area contributed by atoms with Crippen LogP contribution in [-0.4, -0.2) is 48.8 Å². The Morgan fingerprint density at radius 2 is 1.94 bits per heavy atom. The number of likely N-dealkylation sites (tertiary alicyclic amines) is 1. The van der Waals surface area contributed by atoms with Gasteiger partial charge in [0.15, 0.2) is 0 Å². The standard InChI is InChI=1S/C24H27N3O4/c1-3-31-24(29)20-16-22(27(25-20)18-10-5-4-6-11-18)23(28)26-14-8-13-21(26)17-9-7-12-19(15-17)30-2/h4-7,9-12,15,21-22H,3,8,13-14,16H2,1-2H3. The number of hydrogen-bond acceptors (Lipinski definition) is 6. The number of hydrazone groups is 1. The average Bonchev–Trinajstić information content (AvgIpc) is 3.47. The topological polar surface area (TPSA) is 71.4 Å². The number of methoxy groups -OCH3 is 1. The fourth-order valence-electron chi connectivity index (χ4n) is 4.28. The zero-order valence-electron chi connectivity index (χ0n) is 17.9. The molecule has 0 aromatic heterocycles. The molecule has 1 amide bonds. The van der Waals surface area contributed by atoms with Gasteiger partial charge < -0.3 is 14.4 Å². The molecule has 2 aromatic rings. The third-order valence-electron chi connectivity index (χ3n) is 5.74. The monoisotopic (exact) mass is 421 g/mol. The van der Waals surface area contributed by atoms with E-state index in [1.807, 2.05) is 59.5 Å². The van der Waals surface area contributed by atoms with Crippen LogP contribution in [0.1, 0.15) is 37.8 Å². The number of rotatable bonds is 6. The fourth-order valence-corrected chi connectivity index (χ4v) is 4.28. The van der Waals surface area contributed by atoms with Gasteiger partial charge in [-0.05, 0) is 49.6 Å². The molecule has 4 rings (SSSR count). The number of ether oxygens (including phenoxy) is 2. The molecule has 2 unspecified atom stereocenters. The molecule has 2 atom stereocenters. The summed E-state index contributed by atoms with van der Waals surface area (Å²) in [6.07, 6.45) is 2.05. The van der Waals surface area contributed by atoms with E-state index < -0.39 is 12.0 Å². The Kier molecular flexibility index (Phi) is 6.21. The number of esters is 1. The summed E-state index contributed by atoms with van der Waals surface area (Å²) in [5, 5.41) is 6.15. The first kappa shape index (κ1) is 20.9. The highest BCUT2D eigenvalue weighted by molar-refractivity contribution is 6.38. The molecule has 1 saturated heterocycles. The van der Waals surface area contributed by atoms with Crippen molar-refractivity contribution >= 4 is 23.3 Å². The largest absolute Gasteiger partial charge is 0.497 e. The number of hydrogen-bond donors (Lipinski definition) is 0. The average molecular weight is 421 g/mol. The van der Waals surface area contributed by atoms with E-state index in [-0.39, 0.29) is 30.7 Å². The van der Waals surface area contributed by atoms with Gasteiger partial charge >= 0.3 is 5.97 Å². The Labute approximate surface area is 182 Å². The Balaban J connectivity index is 1.61. The van der Waals surface area contributed by atoms with Gasteiger partial charge in [0.05, 0.1) is 25.4 Å². The number of amides is 1. The molecule has 2 aliphatic heterocycles. The van der Waals surface area contributed by atoms with Crippen molar-refractivity contribution < 1.29 is 19.1 Å². The minimum atomic E-state index is -0.576. The van der Waals surface area contributed by atoms with Gasteiger partial charge in [0.1, 0.15) is 17.5 Å². The molecule has 0 spiro atoms. The van der Waals surface area contributed by atoms with Gasteiger partial charge in [0.25, 0.3) is 0 Å². The lowest BCUT2D eigenvalue weighted by Gasteiger charge is -2.31. The van der Waals surface area contributed by atoms with E-state index in [0.29, 0.717) is 6.54 Å². The molecular weight excluding hydrogens is 394 g/mol. The Morgan fingerprint density at radius 1 is 1.13 bits per heavy atom.